The smallest absolute Gasteiger partial charge is 0.243 e. The summed E-state index contributed by atoms with van der Waals surface area (Å²) in [5, 5.41) is 11.8. The summed E-state index contributed by atoms with van der Waals surface area (Å²) in [4.78, 5) is 27.8. The van der Waals surface area contributed by atoms with Crippen LogP contribution in [0.1, 0.15) is 43.7 Å². The van der Waals surface area contributed by atoms with Gasteiger partial charge in [-0.05, 0) is 68.0 Å². The number of methoxy groups -OCH3 is 1. The normalized spacial score (nSPS) is 14.8. The van der Waals surface area contributed by atoms with Crippen LogP contribution in [0.3, 0.4) is 0 Å². The molecular formula is C27H37N3O6S. The van der Waals surface area contributed by atoms with Crippen LogP contribution in [0, 0.1) is 0 Å². The third-order valence-corrected chi connectivity index (χ3v) is 8.48. The average molecular weight is 532 g/mol. The fourth-order valence-corrected chi connectivity index (χ4v) is 5.77. The van der Waals surface area contributed by atoms with Crippen LogP contribution in [0.4, 0.5) is 0 Å². The number of benzene rings is 2. The van der Waals surface area contributed by atoms with Crippen molar-refractivity contribution in [2.45, 2.75) is 56.5 Å². The third-order valence-electron chi connectivity index (χ3n) is 6.57. The monoisotopic (exact) mass is 531 g/mol. The molecule has 37 heavy (non-hydrogen) atoms. The van der Waals surface area contributed by atoms with Crippen LogP contribution >= 0.6 is 0 Å². The van der Waals surface area contributed by atoms with E-state index in [0.29, 0.717) is 38.2 Å². The molecule has 3 rings (SSSR count). The maximum Gasteiger partial charge on any atom is 0.243 e. The second-order valence-electron chi connectivity index (χ2n) is 9.17. The van der Waals surface area contributed by atoms with Crippen molar-refractivity contribution in [1.82, 2.24) is 14.5 Å². The summed E-state index contributed by atoms with van der Waals surface area (Å²) < 4.78 is 32.2. The lowest BCUT2D eigenvalue weighted by molar-refractivity contribution is -0.140. The van der Waals surface area contributed by atoms with Gasteiger partial charge in [0.1, 0.15) is 11.8 Å². The van der Waals surface area contributed by atoms with Gasteiger partial charge in [0.05, 0.1) is 12.0 Å². The van der Waals surface area contributed by atoms with E-state index in [1.807, 2.05) is 24.3 Å². The van der Waals surface area contributed by atoms with Gasteiger partial charge >= 0.3 is 0 Å². The average Bonchev–Trinajstić information content (AvgIpc) is 3.47. The highest BCUT2D eigenvalue weighted by Crippen LogP contribution is 2.22. The van der Waals surface area contributed by atoms with Gasteiger partial charge in [-0.3, -0.25) is 9.59 Å². The predicted molar refractivity (Wildman–Crippen MR) is 140 cm³/mol. The first-order valence-electron chi connectivity index (χ1n) is 12.7. The molecule has 2 N–H and O–H groups in total. The van der Waals surface area contributed by atoms with Gasteiger partial charge < -0.3 is 20.1 Å². The molecule has 0 aromatic heterocycles. The lowest BCUT2D eigenvalue weighted by Gasteiger charge is -2.29. The van der Waals surface area contributed by atoms with Crippen LogP contribution in [0.5, 0.6) is 5.75 Å². The van der Waals surface area contributed by atoms with Crippen molar-refractivity contribution in [3.63, 3.8) is 0 Å². The molecule has 2 amide bonds. The van der Waals surface area contributed by atoms with E-state index in [2.05, 4.69) is 5.32 Å². The summed E-state index contributed by atoms with van der Waals surface area (Å²) in [7, 11) is -1.90. The van der Waals surface area contributed by atoms with Crippen molar-refractivity contribution in [2.75, 3.05) is 33.4 Å². The minimum absolute atomic E-state index is 0.0265. The minimum atomic E-state index is -3.48. The zero-order valence-electron chi connectivity index (χ0n) is 21.6. The van der Waals surface area contributed by atoms with E-state index >= 15 is 0 Å². The van der Waals surface area contributed by atoms with Gasteiger partial charge in [-0.1, -0.05) is 24.3 Å². The molecule has 2 aromatic rings. The van der Waals surface area contributed by atoms with Crippen LogP contribution in [0.25, 0.3) is 0 Å². The second kappa shape index (κ2) is 13.6. The zero-order valence-corrected chi connectivity index (χ0v) is 22.4. The Hall–Kier alpha value is -2.95. The number of nitrogens with zero attached hydrogens (tertiary/aromatic N) is 2. The van der Waals surface area contributed by atoms with Gasteiger partial charge in [0.2, 0.25) is 21.8 Å². The number of aliphatic hydroxyl groups excluding tert-OH is 1. The first kappa shape index (κ1) is 28.6. The van der Waals surface area contributed by atoms with Crippen LogP contribution in [0.15, 0.2) is 53.4 Å². The third kappa shape index (κ3) is 7.77. The maximum absolute atomic E-state index is 13.3. The summed E-state index contributed by atoms with van der Waals surface area (Å²) in [5.74, 6) is 0.229. The van der Waals surface area contributed by atoms with Crippen molar-refractivity contribution in [2.24, 2.45) is 0 Å². The van der Waals surface area contributed by atoms with Crippen LogP contribution in [-0.2, 0) is 32.6 Å². The SMILES string of the molecule is COc1ccc(CN(C(=O)CCc2ccc(S(=O)(=O)N3CCCC3)cc2)[C@@H](C)C(=O)NCCCO)cc1. The molecule has 1 aliphatic heterocycles. The van der Waals surface area contributed by atoms with Gasteiger partial charge in [0.15, 0.2) is 0 Å². The summed E-state index contributed by atoms with van der Waals surface area (Å²) in [5.41, 5.74) is 1.71. The summed E-state index contributed by atoms with van der Waals surface area (Å²) in [6, 6.07) is 13.3. The second-order valence-corrected chi connectivity index (χ2v) is 11.1. The molecule has 0 unspecified atom stereocenters. The molecule has 0 saturated carbocycles. The highest BCUT2D eigenvalue weighted by atomic mass is 32.2. The van der Waals surface area contributed by atoms with Crippen molar-refractivity contribution < 1.29 is 27.9 Å². The molecule has 9 nitrogen and oxygen atoms in total. The van der Waals surface area contributed by atoms with E-state index in [0.717, 1.165) is 24.0 Å². The van der Waals surface area contributed by atoms with Crippen molar-refractivity contribution in [3.05, 3.63) is 59.7 Å². The molecule has 1 heterocycles. The number of rotatable bonds is 13. The molecule has 1 saturated heterocycles. The fraction of sp³-hybridized carbons (Fsp3) is 0.481. The van der Waals surface area contributed by atoms with Crippen LogP contribution < -0.4 is 10.1 Å². The van der Waals surface area contributed by atoms with Gasteiger partial charge in [-0.2, -0.15) is 4.31 Å². The molecule has 0 bridgehead atoms. The minimum Gasteiger partial charge on any atom is -0.497 e. The number of carbonyl (C=O) groups is 2. The molecule has 0 aliphatic carbocycles. The van der Waals surface area contributed by atoms with E-state index in [1.54, 1.807) is 43.2 Å². The Morgan fingerprint density at radius 1 is 1.05 bits per heavy atom. The zero-order chi connectivity index (χ0) is 26.8. The molecule has 10 heteroatoms. The number of carbonyl (C=O) groups excluding carboxylic acids is 2. The van der Waals surface area contributed by atoms with Gasteiger partial charge in [0, 0.05) is 39.2 Å². The van der Waals surface area contributed by atoms with Gasteiger partial charge in [-0.15, -0.1) is 0 Å². The van der Waals surface area contributed by atoms with Gasteiger partial charge in [0.25, 0.3) is 0 Å². The van der Waals surface area contributed by atoms with Crippen LogP contribution in [-0.4, -0.2) is 73.9 Å². The predicted octanol–water partition coefficient (Wildman–Crippen LogP) is 2.33. The summed E-state index contributed by atoms with van der Waals surface area (Å²) in [6.07, 6.45) is 2.78. The molecule has 2 aromatic carbocycles. The highest BCUT2D eigenvalue weighted by Gasteiger charge is 2.28. The Morgan fingerprint density at radius 3 is 2.27 bits per heavy atom. The number of hydrogen-bond acceptors (Lipinski definition) is 6. The molecule has 1 aliphatic rings. The highest BCUT2D eigenvalue weighted by molar-refractivity contribution is 7.89. The van der Waals surface area contributed by atoms with E-state index in [9.17, 15) is 18.0 Å². The van der Waals surface area contributed by atoms with Crippen molar-refractivity contribution in [1.29, 1.82) is 0 Å². The van der Waals surface area contributed by atoms with Gasteiger partial charge in [-0.25, -0.2) is 8.42 Å². The van der Waals surface area contributed by atoms with Crippen molar-refractivity contribution >= 4 is 21.8 Å². The molecule has 202 valence electrons. The fourth-order valence-electron chi connectivity index (χ4n) is 4.25. The number of aryl methyl sites for hydroxylation is 1. The number of nitrogens with one attached hydrogen (secondary N) is 1. The Bertz CT molecular complexity index is 1130. The standard InChI is InChI=1S/C27H37N3O6S/c1-21(27(33)28-16-5-19-31)30(20-23-6-11-24(36-2)12-7-23)26(32)15-10-22-8-13-25(14-9-22)37(34,35)29-17-3-4-18-29/h6-9,11-14,21,31H,3-5,10,15-20H2,1-2H3,(H,28,33)/t21-/m0/s1. The Balaban J connectivity index is 1.68. The van der Waals surface area contributed by atoms with E-state index in [-0.39, 0.29) is 36.3 Å². The largest absolute Gasteiger partial charge is 0.497 e. The molecule has 0 radical (unpaired) electrons. The summed E-state index contributed by atoms with van der Waals surface area (Å²) in [6.45, 7) is 3.35. The van der Waals surface area contributed by atoms with E-state index in [4.69, 9.17) is 9.84 Å². The number of sulfonamides is 1. The van der Waals surface area contributed by atoms with Crippen LogP contribution in [0.2, 0.25) is 0 Å². The van der Waals surface area contributed by atoms with E-state index in [1.165, 1.54) is 4.31 Å². The Morgan fingerprint density at radius 2 is 1.68 bits per heavy atom. The molecule has 1 fully saturated rings. The summed E-state index contributed by atoms with van der Waals surface area (Å²) >= 11 is 0. The Labute approximate surface area is 219 Å². The topological polar surface area (TPSA) is 116 Å². The molecular weight excluding hydrogens is 494 g/mol. The first-order chi connectivity index (χ1) is 17.8. The lowest BCUT2D eigenvalue weighted by Crippen LogP contribution is -2.48. The lowest BCUT2D eigenvalue weighted by atomic mass is 10.1. The molecule has 0 spiro atoms. The molecule has 1 atom stereocenters. The number of amides is 2. The number of aliphatic hydroxyl groups is 1. The Kier molecular flexibility index (Phi) is 10.5. The quantitative estimate of drug-likeness (QED) is 0.383. The maximum atomic E-state index is 13.3. The number of hydrogen-bond donors (Lipinski definition) is 2. The van der Waals surface area contributed by atoms with Crippen molar-refractivity contribution in [3.8, 4) is 5.75 Å². The number of ether oxygens (including phenoxy) is 1. The first-order valence-corrected chi connectivity index (χ1v) is 14.1. The van der Waals surface area contributed by atoms with E-state index < -0.39 is 16.1 Å².